The third kappa shape index (κ3) is 7.19. The van der Waals surface area contributed by atoms with Crippen LogP contribution in [0.3, 0.4) is 0 Å². The molecule has 6 nitrogen and oxygen atoms in total. The number of amides is 1. The Labute approximate surface area is 145 Å². The van der Waals surface area contributed by atoms with Gasteiger partial charge in [-0.2, -0.15) is 0 Å². The van der Waals surface area contributed by atoms with Crippen molar-refractivity contribution >= 4 is 53.1 Å². The van der Waals surface area contributed by atoms with Gasteiger partial charge in [-0.1, -0.05) is 17.7 Å². The minimum absolute atomic E-state index is 0. The molecule has 0 saturated carbocycles. The number of carbonyl (C=O) groups is 1. The number of halogens is 2. The molecule has 1 aromatic rings. The molecule has 0 spiro atoms. The van der Waals surface area contributed by atoms with E-state index in [4.69, 9.17) is 22.1 Å². The van der Waals surface area contributed by atoms with E-state index in [1.54, 1.807) is 24.3 Å². The fourth-order valence-electron chi connectivity index (χ4n) is 1.33. The maximum atomic E-state index is 11.3. The summed E-state index contributed by atoms with van der Waals surface area (Å²) >= 11 is 5.98. The number of hydrogen-bond acceptors (Lipinski definition) is 3. The first kappa shape index (κ1) is 19.5. The second kappa shape index (κ2) is 10.3. The van der Waals surface area contributed by atoms with Crippen LogP contribution in [0.2, 0.25) is 5.02 Å². The molecular weight excluding hydrogens is 407 g/mol. The van der Waals surface area contributed by atoms with Crippen molar-refractivity contribution in [3.05, 3.63) is 35.9 Å². The number of ether oxygens (including phenoxy) is 1. The predicted octanol–water partition coefficient (Wildman–Crippen LogP) is 2.00. The lowest BCUT2D eigenvalue weighted by molar-refractivity contribution is -0.119. The van der Waals surface area contributed by atoms with Crippen molar-refractivity contribution in [2.45, 2.75) is 0 Å². The lowest BCUT2D eigenvalue weighted by Crippen LogP contribution is -2.29. The first-order valence-corrected chi connectivity index (χ1v) is 6.22. The topological polar surface area (TPSA) is 88.7 Å². The number of nitrogens with two attached hydrogens (primary N) is 1. The Bertz CT molecular complexity index is 523. The van der Waals surface area contributed by atoms with Crippen molar-refractivity contribution in [2.75, 3.05) is 25.5 Å². The van der Waals surface area contributed by atoms with Gasteiger partial charge in [0.1, 0.15) is 12.3 Å². The highest BCUT2D eigenvalue weighted by atomic mass is 127. The van der Waals surface area contributed by atoms with Crippen molar-refractivity contribution in [1.29, 1.82) is 0 Å². The summed E-state index contributed by atoms with van der Waals surface area (Å²) in [5, 5.41) is 5.88. The normalized spacial score (nSPS) is 10.3. The maximum absolute atomic E-state index is 11.3. The minimum atomic E-state index is -0.234. The first-order valence-electron chi connectivity index (χ1n) is 5.85. The molecule has 0 bridgehead atoms. The van der Waals surface area contributed by atoms with Gasteiger partial charge < -0.3 is 21.1 Å². The number of hydrogen-bond donors (Lipinski definition) is 3. The van der Waals surface area contributed by atoms with Gasteiger partial charge in [-0.25, -0.2) is 4.99 Å². The second-order valence-corrected chi connectivity index (χ2v) is 4.18. The molecule has 0 fully saturated rings. The van der Waals surface area contributed by atoms with Gasteiger partial charge in [0.05, 0.1) is 12.1 Å². The third-order valence-electron chi connectivity index (χ3n) is 2.26. The Morgan fingerprint density at radius 2 is 2.29 bits per heavy atom. The number of carbonyl (C=O) groups excluding carboxylic acids is 1. The van der Waals surface area contributed by atoms with Gasteiger partial charge >= 0.3 is 0 Å². The van der Waals surface area contributed by atoms with Gasteiger partial charge in [0, 0.05) is 12.2 Å². The lowest BCUT2D eigenvalue weighted by Gasteiger charge is -2.08. The summed E-state index contributed by atoms with van der Waals surface area (Å²) in [4.78, 5) is 15.2. The van der Waals surface area contributed by atoms with Crippen LogP contribution in [-0.4, -0.2) is 32.1 Å². The van der Waals surface area contributed by atoms with E-state index < -0.39 is 0 Å². The van der Waals surface area contributed by atoms with E-state index in [0.717, 1.165) is 0 Å². The van der Waals surface area contributed by atoms with E-state index in [-0.39, 0.29) is 42.4 Å². The van der Waals surface area contributed by atoms with Gasteiger partial charge in [-0.15, -0.1) is 30.6 Å². The monoisotopic (exact) mass is 424 g/mol. The van der Waals surface area contributed by atoms with Gasteiger partial charge in [-0.3, -0.25) is 4.79 Å². The Morgan fingerprint density at radius 3 is 2.86 bits per heavy atom. The highest BCUT2D eigenvalue weighted by Gasteiger charge is 2.03. The molecule has 8 heteroatoms. The number of rotatable bonds is 6. The summed E-state index contributed by atoms with van der Waals surface area (Å²) in [7, 11) is 1.53. The Hall–Kier alpha value is -1.48. The molecule has 1 rings (SSSR count). The molecule has 0 aromatic heterocycles. The van der Waals surface area contributed by atoms with Crippen molar-refractivity contribution in [3.63, 3.8) is 0 Å². The van der Waals surface area contributed by atoms with Crippen molar-refractivity contribution in [1.82, 2.24) is 5.32 Å². The van der Waals surface area contributed by atoms with Crippen LogP contribution in [0.15, 0.2) is 35.8 Å². The molecule has 0 saturated heterocycles. The zero-order valence-corrected chi connectivity index (χ0v) is 14.6. The highest BCUT2D eigenvalue weighted by molar-refractivity contribution is 14.0. The van der Waals surface area contributed by atoms with Crippen LogP contribution in [0.25, 0.3) is 0 Å². The quantitative estimate of drug-likeness (QED) is 0.282. The Kier molecular flexibility index (Phi) is 9.55. The van der Waals surface area contributed by atoms with Crippen molar-refractivity contribution in [2.24, 2.45) is 10.7 Å². The van der Waals surface area contributed by atoms with E-state index in [0.29, 0.717) is 23.0 Å². The third-order valence-corrected chi connectivity index (χ3v) is 2.56. The molecular formula is C13H18ClIN4O2. The predicted molar refractivity (Wildman–Crippen MR) is 96.7 cm³/mol. The van der Waals surface area contributed by atoms with E-state index in [1.807, 2.05) is 0 Å². The van der Waals surface area contributed by atoms with Crippen LogP contribution in [0.5, 0.6) is 5.75 Å². The van der Waals surface area contributed by atoms with Crippen LogP contribution in [0, 0.1) is 0 Å². The zero-order chi connectivity index (χ0) is 15.0. The number of guanidine groups is 1. The van der Waals surface area contributed by atoms with Crippen LogP contribution in [0.1, 0.15) is 0 Å². The largest absolute Gasteiger partial charge is 0.495 e. The molecule has 0 aliphatic rings. The van der Waals surface area contributed by atoms with Crippen molar-refractivity contribution in [3.8, 4) is 5.75 Å². The number of anilines is 1. The van der Waals surface area contributed by atoms with Crippen LogP contribution < -0.4 is 21.1 Å². The molecule has 4 N–H and O–H groups in total. The molecule has 0 unspecified atom stereocenters. The number of aliphatic imine (C=N–C) groups is 1. The lowest BCUT2D eigenvalue weighted by atomic mass is 10.3. The van der Waals surface area contributed by atoms with E-state index in [9.17, 15) is 4.79 Å². The number of nitrogens with one attached hydrogen (secondary N) is 2. The van der Waals surface area contributed by atoms with Gasteiger partial charge in [0.2, 0.25) is 5.91 Å². The van der Waals surface area contributed by atoms with Gasteiger partial charge in [-0.05, 0) is 18.2 Å². The Morgan fingerprint density at radius 1 is 1.57 bits per heavy atom. The van der Waals surface area contributed by atoms with E-state index in [1.165, 1.54) is 7.11 Å². The fourth-order valence-corrected chi connectivity index (χ4v) is 1.59. The van der Waals surface area contributed by atoms with Crippen molar-refractivity contribution < 1.29 is 9.53 Å². The minimum Gasteiger partial charge on any atom is -0.495 e. The Balaban J connectivity index is 0.00000400. The average Bonchev–Trinajstić information content (AvgIpc) is 2.43. The summed E-state index contributed by atoms with van der Waals surface area (Å²) in [6.07, 6.45) is 1.59. The summed E-state index contributed by atoms with van der Waals surface area (Å²) in [6, 6.07) is 5.10. The standard InChI is InChI=1S/C13H17ClN4O2.HI/c1-3-6-16-12(19)8-17-13(15)18-9-4-5-11(20-2)10(14)7-9;/h3-5,7H,1,6,8H2,2H3,(H,16,19)(H3,15,17,18);1H. The summed E-state index contributed by atoms with van der Waals surface area (Å²) in [6.45, 7) is 3.84. The van der Waals surface area contributed by atoms with Gasteiger partial charge in [0.15, 0.2) is 5.96 Å². The molecule has 0 aliphatic carbocycles. The molecule has 0 heterocycles. The summed E-state index contributed by atoms with van der Waals surface area (Å²) in [5.74, 6) is 0.457. The second-order valence-electron chi connectivity index (χ2n) is 3.77. The van der Waals surface area contributed by atoms with Crippen LogP contribution in [0.4, 0.5) is 5.69 Å². The molecule has 1 aromatic carbocycles. The van der Waals surface area contributed by atoms with Gasteiger partial charge in [0.25, 0.3) is 0 Å². The van der Waals surface area contributed by atoms with E-state index >= 15 is 0 Å². The zero-order valence-electron chi connectivity index (χ0n) is 11.6. The first-order chi connectivity index (χ1) is 9.56. The number of nitrogens with zero attached hydrogens (tertiary/aromatic N) is 1. The SMILES string of the molecule is C=CCNC(=O)CN=C(N)Nc1ccc(OC)c(Cl)c1.I. The average molecular weight is 425 g/mol. The van der Waals surface area contributed by atoms with Crippen LogP contribution >= 0.6 is 35.6 Å². The smallest absolute Gasteiger partial charge is 0.242 e. The molecule has 21 heavy (non-hydrogen) atoms. The fraction of sp³-hybridized carbons (Fsp3) is 0.231. The highest BCUT2D eigenvalue weighted by Crippen LogP contribution is 2.26. The molecule has 116 valence electrons. The number of methoxy groups -OCH3 is 1. The van der Waals surface area contributed by atoms with E-state index in [2.05, 4.69) is 22.2 Å². The molecule has 0 radical (unpaired) electrons. The summed E-state index contributed by atoms with van der Waals surface area (Å²) in [5.41, 5.74) is 6.32. The molecule has 0 atom stereocenters. The molecule has 0 aliphatic heterocycles. The summed E-state index contributed by atoms with van der Waals surface area (Å²) < 4.78 is 5.04. The van der Waals surface area contributed by atoms with Crippen LogP contribution in [-0.2, 0) is 4.79 Å². The maximum Gasteiger partial charge on any atom is 0.242 e. The number of benzene rings is 1. The molecule has 1 amide bonds.